The molecule has 9 heavy (non-hydrogen) atoms. The first-order valence-electron chi connectivity index (χ1n) is 4.05. The zero-order valence-electron chi connectivity index (χ0n) is 6.98. The van der Waals surface area contributed by atoms with E-state index >= 15 is 0 Å². The first-order valence-corrected chi connectivity index (χ1v) is 4.05. The second-order valence-corrected chi connectivity index (χ2v) is 3.09. The normalized spacial score (nSPS) is 10.7. The Bertz CT molecular complexity index is 46.0. The van der Waals surface area contributed by atoms with E-state index in [-0.39, 0.29) is 0 Å². The first-order chi connectivity index (χ1) is 4.27. The monoisotopic (exact) mass is 127 g/mol. The highest BCUT2D eigenvalue weighted by Crippen LogP contribution is 2.08. The zero-order valence-corrected chi connectivity index (χ0v) is 6.98. The third-order valence-corrected chi connectivity index (χ3v) is 1.52. The van der Waals surface area contributed by atoms with Crippen LogP contribution in [0, 0.1) is 12.3 Å². The van der Waals surface area contributed by atoms with E-state index < -0.39 is 0 Å². The Morgan fingerprint density at radius 3 is 2.33 bits per heavy atom. The van der Waals surface area contributed by atoms with Crippen LogP contribution in [0.2, 0.25) is 0 Å². The summed E-state index contributed by atoms with van der Waals surface area (Å²) >= 11 is 0. The SMILES string of the molecule is C[CH]CCCCC(C)C. The highest BCUT2D eigenvalue weighted by atomic mass is 14.0. The molecular weight excluding hydrogens is 108 g/mol. The number of unbranched alkanes of at least 4 members (excludes halogenated alkanes) is 3. The van der Waals surface area contributed by atoms with Crippen LogP contribution in [0.15, 0.2) is 0 Å². The van der Waals surface area contributed by atoms with Crippen LogP contribution < -0.4 is 0 Å². The summed E-state index contributed by atoms with van der Waals surface area (Å²) < 4.78 is 0. The van der Waals surface area contributed by atoms with E-state index in [0.717, 1.165) is 5.92 Å². The summed E-state index contributed by atoms with van der Waals surface area (Å²) in [7, 11) is 0. The molecule has 0 heterocycles. The van der Waals surface area contributed by atoms with Gasteiger partial charge in [0, 0.05) is 0 Å². The fourth-order valence-electron chi connectivity index (χ4n) is 0.901. The summed E-state index contributed by atoms with van der Waals surface area (Å²) in [4.78, 5) is 0. The predicted octanol–water partition coefficient (Wildman–Crippen LogP) is 3.43. The minimum atomic E-state index is 0.891. The van der Waals surface area contributed by atoms with Crippen LogP contribution in [0.25, 0.3) is 0 Å². The highest BCUT2D eigenvalue weighted by Gasteiger charge is 1.91. The molecule has 0 aliphatic heterocycles. The molecule has 0 amide bonds. The molecule has 0 aromatic rings. The molecule has 0 saturated carbocycles. The van der Waals surface area contributed by atoms with Crippen LogP contribution in [0.4, 0.5) is 0 Å². The average molecular weight is 127 g/mol. The molecule has 0 nitrogen and oxygen atoms in total. The van der Waals surface area contributed by atoms with Crippen LogP contribution >= 0.6 is 0 Å². The van der Waals surface area contributed by atoms with Gasteiger partial charge in [0.2, 0.25) is 0 Å². The van der Waals surface area contributed by atoms with Crippen LogP contribution in [0.3, 0.4) is 0 Å². The van der Waals surface area contributed by atoms with Crippen LogP contribution in [-0.2, 0) is 0 Å². The molecular formula is C9H19. The topological polar surface area (TPSA) is 0 Å². The molecule has 55 valence electrons. The summed E-state index contributed by atoms with van der Waals surface area (Å²) in [6.45, 7) is 6.71. The Hall–Kier alpha value is 0. The van der Waals surface area contributed by atoms with E-state index in [0.29, 0.717) is 0 Å². The lowest BCUT2D eigenvalue weighted by Crippen LogP contribution is -1.86. The number of hydrogen-bond acceptors (Lipinski definition) is 0. The van der Waals surface area contributed by atoms with Crippen molar-refractivity contribution >= 4 is 0 Å². The Labute approximate surface area is 59.7 Å². The molecule has 0 rings (SSSR count). The molecule has 0 heteroatoms. The minimum Gasteiger partial charge on any atom is -0.0628 e. The average Bonchev–Trinajstić information content (AvgIpc) is 1.80. The lowest BCUT2D eigenvalue weighted by Gasteiger charge is -2.01. The Balaban J connectivity index is 2.75. The fraction of sp³-hybridized carbons (Fsp3) is 0.889. The van der Waals surface area contributed by atoms with Gasteiger partial charge in [-0.1, -0.05) is 46.5 Å². The van der Waals surface area contributed by atoms with Crippen LogP contribution in [0.1, 0.15) is 46.5 Å². The molecule has 0 atom stereocenters. The summed E-state index contributed by atoms with van der Waals surface area (Å²) in [6.07, 6.45) is 7.73. The number of hydrogen-bond donors (Lipinski definition) is 0. The van der Waals surface area contributed by atoms with Crippen molar-refractivity contribution in [2.75, 3.05) is 0 Å². The maximum absolute atomic E-state index is 2.29. The van der Waals surface area contributed by atoms with Gasteiger partial charge in [-0.3, -0.25) is 0 Å². The Kier molecular flexibility index (Phi) is 6.12. The summed E-state index contributed by atoms with van der Waals surface area (Å²) in [5, 5.41) is 0. The Morgan fingerprint density at radius 1 is 1.22 bits per heavy atom. The number of rotatable bonds is 5. The highest BCUT2D eigenvalue weighted by molar-refractivity contribution is 4.56. The summed E-state index contributed by atoms with van der Waals surface area (Å²) in [5.74, 6) is 0.891. The van der Waals surface area contributed by atoms with E-state index in [9.17, 15) is 0 Å². The van der Waals surface area contributed by atoms with Gasteiger partial charge in [0.15, 0.2) is 0 Å². The molecule has 0 fully saturated rings. The van der Waals surface area contributed by atoms with Gasteiger partial charge in [0.05, 0.1) is 0 Å². The van der Waals surface area contributed by atoms with E-state index in [4.69, 9.17) is 0 Å². The smallest absolute Gasteiger partial charge is 0.0417 e. The first kappa shape index (κ1) is 9.00. The molecule has 1 radical (unpaired) electrons. The second kappa shape index (κ2) is 6.12. The standard InChI is InChI=1S/C9H19/c1-4-5-6-7-8-9(2)3/h4,9H,5-8H2,1-3H3. The molecule has 0 N–H and O–H groups in total. The van der Waals surface area contributed by atoms with Gasteiger partial charge in [-0.2, -0.15) is 0 Å². The van der Waals surface area contributed by atoms with Crippen molar-refractivity contribution in [3.05, 3.63) is 6.42 Å². The van der Waals surface area contributed by atoms with Gasteiger partial charge in [0.25, 0.3) is 0 Å². The zero-order chi connectivity index (χ0) is 7.11. The third-order valence-electron chi connectivity index (χ3n) is 1.52. The van der Waals surface area contributed by atoms with Crippen molar-refractivity contribution in [1.29, 1.82) is 0 Å². The van der Waals surface area contributed by atoms with Crippen molar-refractivity contribution < 1.29 is 0 Å². The quantitative estimate of drug-likeness (QED) is 0.496. The van der Waals surface area contributed by atoms with Crippen LogP contribution in [-0.4, -0.2) is 0 Å². The molecule has 0 bridgehead atoms. The molecule has 0 saturated heterocycles. The second-order valence-electron chi connectivity index (χ2n) is 3.09. The third kappa shape index (κ3) is 8.00. The van der Waals surface area contributed by atoms with Gasteiger partial charge in [-0.05, 0) is 12.3 Å². The largest absolute Gasteiger partial charge is 0.0628 e. The van der Waals surface area contributed by atoms with Crippen molar-refractivity contribution in [2.45, 2.75) is 46.5 Å². The van der Waals surface area contributed by atoms with Crippen molar-refractivity contribution in [1.82, 2.24) is 0 Å². The fourth-order valence-corrected chi connectivity index (χ4v) is 0.901. The Morgan fingerprint density at radius 2 is 1.89 bits per heavy atom. The van der Waals surface area contributed by atoms with Gasteiger partial charge < -0.3 is 0 Å². The summed E-state index contributed by atoms with van der Waals surface area (Å²) in [5.41, 5.74) is 0. The predicted molar refractivity (Wildman–Crippen MR) is 43.3 cm³/mol. The van der Waals surface area contributed by atoms with Gasteiger partial charge in [-0.25, -0.2) is 0 Å². The maximum atomic E-state index is 2.29. The molecule has 0 aromatic carbocycles. The van der Waals surface area contributed by atoms with E-state index in [1.165, 1.54) is 25.7 Å². The van der Waals surface area contributed by atoms with Crippen molar-refractivity contribution in [3.8, 4) is 0 Å². The van der Waals surface area contributed by atoms with E-state index in [2.05, 4.69) is 27.2 Å². The van der Waals surface area contributed by atoms with E-state index in [1.807, 2.05) is 0 Å². The van der Waals surface area contributed by atoms with Gasteiger partial charge in [-0.15, -0.1) is 0 Å². The molecule has 0 aliphatic carbocycles. The molecule has 0 unspecified atom stereocenters. The van der Waals surface area contributed by atoms with Gasteiger partial charge in [0.1, 0.15) is 0 Å². The van der Waals surface area contributed by atoms with E-state index in [1.54, 1.807) is 0 Å². The van der Waals surface area contributed by atoms with Gasteiger partial charge >= 0.3 is 0 Å². The molecule has 0 aliphatic rings. The van der Waals surface area contributed by atoms with Crippen molar-refractivity contribution in [3.63, 3.8) is 0 Å². The molecule has 0 spiro atoms. The van der Waals surface area contributed by atoms with Crippen LogP contribution in [0.5, 0.6) is 0 Å². The lowest BCUT2D eigenvalue weighted by atomic mass is 10.1. The minimum absolute atomic E-state index is 0.891. The summed E-state index contributed by atoms with van der Waals surface area (Å²) in [6, 6.07) is 0. The van der Waals surface area contributed by atoms with Crippen molar-refractivity contribution in [2.24, 2.45) is 5.92 Å². The molecule has 0 aromatic heterocycles. The lowest BCUT2D eigenvalue weighted by molar-refractivity contribution is 0.537. The maximum Gasteiger partial charge on any atom is -0.0417 e.